The van der Waals surface area contributed by atoms with Crippen molar-refractivity contribution in [3.63, 3.8) is 0 Å². The first-order chi connectivity index (χ1) is 11.5. The smallest absolute Gasteiger partial charge is 0.337 e. The van der Waals surface area contributed by atoms with Crippen LogP contribution in [0.5, 0.6) is 0 Å². The minimum Gasteiger partial charge on any atom is -0.478 e. The zero-order chi connectivity index (χ0) is 16.8. The quantitative estimate of drug-likeness (QED) is 0.816. The number of rotatable bonds is 2. The Labute approximate surface area is 140 Å². The van der Waals surface area contributed by atoms with Crippen LogP contribution in [0.1, 0.15) is 58.4 Å². The van der Waals surface area contributed by atoms with E-state index < -0.39 is 11.9 Å². The Morgan fingerprint density at radius 3 is 2.08 bits per heavy atom. The van der Waals surface area contributed by atoms with Crippen LogP contribution < -0.4 is 0 Å². The third-order valence-corrected chi connectivity index (χ3v) is 6.11. The second-order valence-electron chi connectivity index (χ2n) is 7.56. The molecule has 4 fully saturated rings. The molecule has 0 saturated heterocycles. The van der Waals surface area contributed by atoms with Gasteiger partial charge in [-0.3, -0.25) is 0 Å². The summed E-state index contributed by atoms with van der Waals surface area (Å²) in [6, 6.07) is 4.50. The van der Waals surface area contributed by atoms with Crippen molar-refractivity contribution >= 4 is 11.9 Å². The van der Waals surface area contributed by atoms with Crippen molar-refractivity contribution in [2.24, 2.45) is 29.6 Å². The van der Waals surface area contributed by atoms with Crippen LogP contribution >= 0.6 is 0 Å². The number of benzene rings is 1. The summed E-state index contributed by atoms with van der Waals surface area (Å²) in [5.74, 6) is 7.26. The van der Waals surface area contributed by atoms with E-state index in [0.29, 0.717) is 23.3 Å². The van der Waals surface area contributed by atoms with Crippen LogP contribution in [0, 0.1) is 41.4 Å². The molecule has 124 valence electrons. The summed E-state index contributed by atoms with van der Waals surface area (Å²) < 4.78 is 0. The second kappa shape index (κ2) is 5.66. The molecule has 4 aliphatic rings. The largest absolute Gasteiger partial charge is 0.478 e. The van der Waals surface area contributed by atoms with Gasteiger partial charge in [0, 0.05) is 11.5 Å². The van der Waals surface area contributed by atoms with Crippen LogP contribution in [-0.4, -0.2) is 22.2 Å². The van der Waals surface area contributed by atoms with Gasteiger partial charge in [0.15, 0.2) is 0 Å². The molecule has 4 nitrogen and oxygen atoms in total. The third kappa shape index (κ3) is 2.49. The van der Waals surface area contributed by atoms with Crippen LogP contribution in [0.2, 0.25) is 0 Å². The molecule has 1 aromatic carbocycles. The van der Waals surface area contributed by atoms with E-state index in [2.05, 4.69) is 11.8 Å². The van der Waals surface area contributed by atoms with E-state index in [4.69, 9.17) is 0 Å². The maximum atomic E-state index is 11.5. The maximum absolute atomic E-state index is 11.5. The first-order valence-electron chi connectivity index (χ1n) is 8.64. The first kappa shape index (κ1) is 15.3. The molecular formula is C20H20O4. The minimum absolute atomic E-state index is 0.193. The molecule has 0 unspecified atom stereocenters. The highest BCUT2D eigenvalue weighted by Crippen LogP contribution is 2.56. The normalized spacial score (nSPS) is 32.9. The van der Waals surface area contributed by atoms with Gasteiger partial charge in [-0.15, -0.1) is 0 Å². The topological polar surface area (TPSA) is 74.6 Å². The Morgan fingerprint density at radius 1 is 0.917 bits per heavy atom. The third-order valence-electron chi connectivity index (χ3n) is 6.11. The van der Waals surface area contributed by atoms with Crippen molar-refractivity contribution < 1.29 is 19.8 Å². The highest BCUT2D eigenvalue weighted by atomic mass is 16.4. The van der Waals surface area contributed by atoms with Gasteiger partial charge in [0.05, 0.1) is 11.1 Å². The van der Waals surface area contributed by atoms with Crippen molar-refractivity contribution in [2.75, 3.05) is 0 Å². The zero-order valence-corrected chi connectivity index (χ0v) is 13.4. The highest BCUT2D eigenvalue weighted by molar-refractivity contribution is 6.03. The summed E-state index contributed by atoms with van der Waals surface area (Å²) in [4.78, 5) is 22.8. The fourth-order valence-corrected chi connectivity index (χ4v) is 5.39. The van der Waals surface area contributed by atoms with Crippen molar-refractivity contribution in [3.05, 3.63) is 34.9 Å². The molecule has 0 aliphatic heterocycles. The van der Waals surface area contributed by atoms with E-state index in [9.17, 15) is 19.8 Å². The van der Waals surface area contributed by atoms with Crippen LogP contribution in [0.15, 0.2) is 18.2 Å². The SMILES string of the molecule is O=C(O)c1cccc(C#CC2C3CC4CC(C3)CC2C4)c1C(=O)O. The van der Waals surface area contributed by atoms with Gasteiger partial charge in [-0.2, -0.15) is 0 Å². The monoisotopic (exact) mass is 324 g/mol. The predicted molar refractivity (Wildman–Crippen MR) is 87.8 cm³/mol. The number of aromatic carboxylic acids is 2. The van der Waals surface area contributed by atoms with Crippen LogP contribution in [0.3, 0.4) is 0 Å². The van der Waals surface area contributed by atoms with E-state index in [1.165, 1.54) is 38.2 Å². The average molecular weight is 324 g/mol. The van der Waals surface area contributed by atoms with Gasteiger partial charge in [-0.05, 0) is 67.9 Å². The number of carboxylic acid groups (broad SMARTS) is 2. The van der Waals surface area contributed by atoms with Gasteiger partial charge in [0.2, 0.25) is 0 Å². The summed E-state index contributed by atoms with van der Waals surface area (Å²) in [5.41, 5.74) is -0.0723. The van der Waals surface area contributed by atoms with Crippen molar-refractivity contribution in [3.8, 4) is 11.8 Å². The molecule has 5 rings (SSSR count). The lowest BCUT2D eigenvalue weighted by atomic mass is 9.52. The number of carbonyl (C=O) groups is 2. The van der Waals surface area contributed by atoms with E-state index >= 15 is 0 Å². The maximum Gasteiger partial charge on any atom is 0.337 e. The van der Waals surface area contributed by atoms with E-state index in [1.54, 1.807) is 12.1 Å². The molecule has 4 bridgehead atoms. The van der Waals surface area contributed by atoms with Gasteiger partial charge >= 0.3 is 11.9 Å². The van der Waals surface area contributed by atoms with Gasteiger partial charge < -0.3 is 10.2 Å². The number of hydrogen-bond acceptors (Lipinski definition) is 2. The summed E-state index contributed by atoms with van der Waals surface area (Å²) in [6.07, 6.45) is 6.41. The number of carboxylic acids is 2. The molecule has 24 heavy (non-hydrogen) atoms. The predicted octanol–water partition coefficient (Wildman–Crippen LogP) is 3.51. The Bertz CT molecular complexity index is 740. The molecule has 4 aliphatic carbocycles. The molecule has 4 heteroatoms. The van der Waals surface area contributed by atoms with E-state index in [0.717, 1.165) is 11.8 Å². The lowest BCUT2D eigenvalue weighted by molar-refractivity contribution is -0.0122. The van der Waals surface area contributed by atoms with E-state index in [-0.39, 0.29) is 11.1 Å². The van der Waals surface area contributed by atoms with Gasteiger partial charge in [-0.1, -0.05) is 17.9 Å². The molecule has 0 heterocycles. The molecule has 0 amide bonds. The average Bonchev–Trinajstić information content (AvgIpc) is 2.53. The molecule has 0 radical (unpaired) electrons. The molecule has 4 saturated carbocycles. The van der Waals surface area contributed by atoms with Crippen LogP contribution in [0.25, 0.3) is 0 Å². The summed E-state index contributed by atoms with van der Waals surface area (Å²) in [6.45, 7) is 0. The summed E-state index contributed by atoms with van der Waals surface area (Å²) >= 11 is 0. The first-order valence-corrected chi connectivity index (χ1v) is 8.64. The molecule has 2 N–H and O–H groups in total. The zero-order valence-electron chi connectivity index (χ0n) is 13.4. The summed E-state index contributed by atoms with van der Waals surface area (Å²) in [5, 5.41) is 18.6. The fourth-order valence-electron chi connectivity index (χ4n) is 5.39. The standard InChI is InChI=1S/C20H20O4/c21-19(22)17-3-1-2-13(18(17)20(23)24)4-5-16-14-7-11-6-12(9-14)10-15(16)8-11/h1-3,11-12,14-16H,6-10H2,(H,21,22)(H,23,24). The molecular weight excluding hydrogens is 304 g/mol. The highest BCUT2D eigenvalue weighted by Gasteiger charge is 2.47. The van der Waals surface area contributed by atoms with Crippen LogP contribution in [0.4, 0.5) is 0 Å². The van der Waals surface area contributed by atoms with Crippen molar-refractivity contribution in [1.29, 1.82) is 0 Å². The van der Waals surface area contributed by atoms with Crippen LogP contribution in [-0.2, 0) is 0 Å². The van der Waals surface area contributed by atoms with Crippen molar-refractivity contribution in [1.82, 2.24) is 0 Å². The fraction of sp³-hybridized carbons (Fsp3) is 0.500. The van der Waals surface area contributed by atoms with Gasteiger partial charge in [0.1, 0.15) is 0 Å². The molecule has 0 atom stereocenters. The van der Waals surface area contributed by atoms with Gasteiger partial charge in [0.25, 0.3) is 0 Å². The number of hydrogen-bond donors (Lipinski definition) is 2. The Hall–Kier alpha value is -2.28. The molecule has 0 aromatic heterocycles. The van der Waals surface area contributed by atoms with Crippen molar-refractivity contribution in [2.45, 2.75) is 32.1 Å². The Kier molecular flexibility index (Phi) is 3.60. The summed E-state index contributed by atoms with van der Waals surface area (Å²) in [7, 11) is 0. The van der Waals surface area contributed by atoms with E-state index in [1.807, 2.05) is 0 Å². The second-order valence-corrected chi connectivity index (χ2v) is 7.56. The minimum atomic E-state index is -1.23. The molecule has 0 spiro atoms. The Morgan fingerprint density at radius 2 is 1.54 bits per heavy atom. The lowest BCUT2D eigenvalue weighted by Gasteiger charge is -2.52. The Balaban J connectivity index is 1.67. The van der Waals surface area contributed by atoms with Gasteiger partial charge in [-0.25, -0.2) is 9.59 Å². The molecule has 1 aromatic rings. The lowest BCUT2D eigenvalue weighted by Crippen LogP contribution is -2.44.